The summed E-state index contributed by atoms with van der Waals surface area (Å²) in [5.74, 6) is -0.0783. The molecule has 0 bridgehead atoms. The lowest BCUT2D eigenvalue weighted by atomic mass is 10.00. The summed E-state index contributed by atoms with van der Waals surface area (Å²) in [6.45, 7) is 6.00. The van der Waals surface area contributed by atoms with Crippen molar-refractivity contribution in [3.8, 4) is 10.6 Å². The fourth-order valence-corrected chi connectivity index (χ4v) is 2.61. The van der Waals surface area contributed by atoms with Gasteiger partial charge >= 0.3 is 0 Å². The van der Waals surface area contributed by atoms with Crippen molar-refractivity contribution >= 4 is 22.4 Å². The van der Waals surface area contributed by atoms with Crippen LogP contribution in [0.2, 0.25) is 0 Å². The van der Waals surface area contributed by atoms with Gasteiger partial charge in [-0.05, 0) is 18.9 Å². The molecule has 0 spiro atoms. The van der Waals surface area contributed by atoms with Crippen LogP contribution in [0.3, 0.4) is 0 Å². The first-order valence-corrected chi connectivity index (χ1v) is 7.80. The van der Waals surface area contributed by atoms with Crippen molar-refractivity contribution in [3.63, 3.8) is 0 Å². The summed E-state index contributed by atoms with van der Waals surface area (Å²) in [6.07, 6.45) is 0.860. The van der Waals surface area contributed by atoms with Gasteiger partial charge in [0, 0.05) is 5.56 Å². The maximum absolute atomic E-state index is 12.0. The molecule has 3 N–H and O–H groups in total. The van der Waals surface area contributed by atoms with Crippen LogP contribution in [-0.4, -0.2) is 22.1 Å². The molecule has 5 nitrogen and oxygen atoms in total. The van der Waals surface area contributed by atoms with E-state index in [1.54, 1.807) is 0 Å². The molecule has 1 heterocycles. The summed E-state index contributed by atoms with van der Waals surface area (Å²) in [6, 6.07) is 7.49. The largest absolute Gasteiger partial charge is 0.320 e. The number of rotatable bonds is 5. The van der Waals surface area contributed by atoms with Crippen LogP contribution in [0.4, 0.5) is 5.13 Å². The first-order chi connectivity index (χ1) is 10.0. The van der Waals surface area contributed by atoms with Gasteiger partial charge in [0.1, 0.15) is 5.01 Å². The van der Waals surface area contributed by atoms with Crippen LogP contribution in [-0.2, 0) is 4.79 Å². The van der Waals surface area contributed by atoms with E-state index in [0.29, 0.717) is 5.13 Å². The molecular formula is C15H20N4OS. The van der Waals surface area contributed by atoms with Crippen LogP contribution in [0.5, 0.6) is 0 Å². The lowest BCUT2D eigenvalue weighted by Gasteiger charge is -2.16. The zero-order chi connectivity index (χ0) is 15.4. The molecular weight excluding hydrogens is 284 g/mol. The third kappa shape index (κ3) is 3.86. The normalized spacial score (nSPS) is 13.7. The topological polar surface area (TPSA) is 80.9 Å². The minimum Gasteiger partial charge on any atom is -0.320 e. The summed E-state index contributed by atoms with van der Waals surface area (Å²) in [5, 5.41) is 12.1. The molecule has 0 saturated carbocycles. The Morgan fingerprint density at radius 2 is 2.19 bits per heavy atom. The average molecular weight is 304 g/mol. The van der Waals surface area contributed by atoms with Gasteiger partial charge in [-0.3, -0.25) is 10.1 Å². The molecule has 0 aliphatic rings. The number of anilines is 1. The van der Waals surface area contributed by atoms with Gasteiger partial charge in [0.25, 0.3) is 0 Å². The van der Waals surface area contributed by atoms with Gasteiger partial charge in [-0.2, -0.15) is 0 Å². The van der Waals surface area contributed by atoms with Gasteiger partial charge in [-0.15, -0.1) is 10.2 Å². The molecule has 2 aromatic rings. The van der Waals surface area contributed by atoms with Gasteiger partial charge in [-0.1, -0.05) is 55.4 Å². The fraction of sp³-hybridized carbons (Fsp3) is 0.400. The second kappa shape index (κ2) is 6.78. The Balaban J connectivity index is 2.08. The first kappa shape index (κ1) is 15.6. The van der Waals surface area contributed by atoms with Gasteiger partial charge in [0.05, 0.1) is 6.04 Å². The van der Waals surface area contributed by atoms with Crippen molar-refractivity contribution in [1.82, 2.24) is 10.2 Å². The molecule has 0 fully saturated rings. The van der Waals surface area contributed by atoms with Crippen molar-refractivity contribution in [1.29, 1.82) is 0 Å². The number of hydrogen-bond donors (Lipinski definition) is 2. The van der Waals surface area contributed by atoms with Gasteiger partial charge in [-0.25, -0.2) is 0 Å². The summed E-state index contributed by atoms with van der Waals surface area (Å²) < 4.78 is 0. The number of nitrogens with zero attached hydrogens (tertiary/aromatic N) is 2. The lowest BCUT2D eigenvalue weighted by Crippen LogP contribution is -2.40. The molecule has 1 amide bonds. The van der Waals surface area contributed by atoms with Crippen molar-refractivity contribution < 1.29 is 4.79 Å². The molecule has 6 heteroatoms. The molecule has 1 aromatic carbocycles. The van der Waals surface area contributed by atoms with Crippen molar-refractivity contribution in [3.05, 3.63) is 29.8 Å². The molecule has 2 atom stereocenters. The molecule has 0 aliphatic carbocycles. The quantitative estimate of drug-likeness (QED) is 0.890. The molecule has 0 aliphatic heterocycles. The number of aryl methyl sites for hydroxylation is 1. The molecule has 1 aromatic heterocycles. The van der Waals surface area contributed by atoms with E-state index in [1.807, 2.05) is 45.0 Å². The second-order valence-electron chi connectivity index (χ2n) is 5.18. The van der Waals surface area contributed by atoms with E-state index in [4.69, 9.17) is 5.73 Å². The zero-order valence-corrected chi connectivity index (χ0v) is 13.3. The third-order valence-corrected chi connectivity index (χ3v) is 4.37. The molecule has 0 radical (unpaired) electrons. The Bertz CT molecular complexity index is 626. The summed E-state index contributed by atoms with van der Waals surface area (Å²) in [5.41, 5.74) is 8.06. The minimum atomic E-state index is -0.527. The first-order valence-electron chi connectivity index (χ1n) is 6.98. The highest BCUT2D eigenvalue weighted by Crippen LogP contribution is 2.27. The van der Waals surface area contributed by atoms with E-state index >= 15 is 0 Å². The smallest absolute Gasteiger partial charge is 0.243 e. The van der Waals surface area contributed by atoms with Crippen LogP contribution in [0.25, 0.3) is 10.6 Å². The SMILES string of the molecule is CCC(C)C(N)C(=O)Nc1nnc(-c2cccc(C)c2)s1. The van der Waals surface area contributed by atoms with Crippen molar-refractivity contribution in [2.45, 2.75) is 33.2 Å². The van der Waals surface area contributed by atoms with E-state index in [2.05, 4.69) is 15.5 Å². The highest BCUT2D eigenvalue weighted by molar-refractivity contribution is 7.18. The predicted molar refractivity (Wildman–Crippen MR) is 86.1 cm³/mol. The Kier molecular flexibility index (Phi) is 5.03. The lowest BCUT2D eigenvalue weighted by molar-refractivity contribution is -0.118. The molecule has 2 unspecified atom stereocenters. The third-order valence-electron chi connectivity index (χ3n) is 3.48. The van der Waals surface area contributed by atoms with E-state index in [0.717, 1.165) is 22.6 Å². The summed E-state index contributed by atoms with van der Waals surface area (Å²) in [4.78, 5) is 12.0. The Morgan fingerprint density at radius 1 is 1.43 bits per heavy atom. The zero-order valence-electron chi connectivity index (χ0n) is 12.5. The number of benzene rings is 1. The number of nitrogens with one attached hydrogen (secondary N) is 1. The second-order valence-corrected chi connectivity index (χ2v) is 6.16. The van der Waals surface area contributed by atoms with Crippen LogP contribution in [0.15, 0.2) is 24.3 Å². The maximum Gasteiger partial charge on any atom is 0.243 e. The van der Waals surface area contributed by atoms with Crippen LogP contribution < -0.4 is 11.1 Å². The maximum atomic E-state index is 12.0. The van der Waals surface area contributed by atoms with E-state index < -0.39 is 6.04 Å². The monoisotopic (exact) mass is 304 g/mol. The molecule has 112 valence electrons. The van der Waals surface area contributed by atoms with Crippen molar-refractivity contribution in [2.75, 3.05) is 5.32 Å². The van der Waals surface area contributed by atoms with Gasteiger partial charge in [0.2, 0.25) is 11.0 Å². The highest BCUT2D eigenvalue weighted by Gasteiger charge is 2.20. The van der Waals surface area contributed by atoms with E-state index in [-0.39, 0.29) is 11.8 Å². The summed E-state index contributed by atoms with van der Waals surface area (Å²) in [7, 11) is 0. The average Bonchev–Trinajstić information content (AvgIpc) is 2.94. The van der Waals surface area contributed by atoms with Crippen LogP contribution in [0, 0.1) is 12.8 Å². The number of carbonyl (C=O) groups is 1. The Hall–Kier alpha value is -1.79. The molecule has 21 heavy (non-hydrogen) atoms. The Labute approximate surface area is 128 Å². The predicted octanol–water partition coefficient (Wildman–Crippen LogP) is 2.83. The van der Waals surface area contributed by atoms with E-state index in [1.165, 1.54) is 11.3 Å². The van der Waals surface area contributed by atoms with Crippen LogP contribution >= 0.6 is 11.3 Å². The van der Waals surface area contributed by atoms with Crippen molar-refractivity contribution in [2.24, 2.45) is 11.7 Å². The number of aromatic nitrogens is 2. The van der Waals surface area contributed by atoms with Crippen LogP contribution in [0.1, 0.15) is 25.8 Å². The fourth-order valence-electron chi connectivity index (χ4n) is 1.87. The number of amides is 1. The number of carbonyl (C=O) groups excluding carboxylic acids is 1. The highest BCUT2D eigenvalue weighted by atomic mass is 32.1. The summed E-state index contributed by atoms with van der Waals surface area (Å²) >= 11 is 1.35. The standard InChI is InChI=1S/C15H20N4OS/c1-4-10(3)12(16)13(20)17-15-19-18-14(21-15)11-7-5-6-9(2)8-11/h5-8,10,12H,4,16H2,1-3H3,(H,17,19,20). The minimum absolute atomic E-state index is 0.133. The number of hydrogen-bond acceptors (Lipinski definition) is 5. The Morgan fingerprint density at radius 3 is 2.86 bits per heavy atom. The number of nitrogens with two attached hydrogens (primary N) is 1. The van der Waals surface area contributed by atoms with Gasteiger partial charge in [0.15, 0.2) is 0 Å². The molecule has 0 saturated heterocycles. The van der Waals surface area contributed by atoms with Gasteiger partial charge < -0.3 is 5.73 Å². The molecule has 2 rings (SSSR count). The van der Waals surface area contributed by atoms with E-state index in [9.17, 15) is 4.79 Å².